The van der Waals surface area contributed by atoms with Crippen LogP contribution in [0.4, 0.5) is 0 Å². The third kappa shape index (κ3) is 16.9. The van der Waals surface area contributed by atoms with E-state index < -0.39 is 0 Å². The summed E-state index contributed by atoms with van der Waals surface area (Å²) in [7, 11) is 0. The molecular weight excluding hydrogens is 440 g/mol. The van der Waals surface area contributed by atoms with Gasteiger partial charge >= 0.3 is 0 Å². The zero-order valence-corrected chi connectivity index (χ0v) is 22.9. The van der Waals surface area contributed by atoms with Gasteiger partial charge < -0.3 is 10.1 Å². The molecule has 1 rings (SSSR count). The molecule has 34 heavy (non-hydrogen) atoms. The fourth-order valence-electron chi connectivity index (χ4n) is 3.86. The molecule has 1 aromatic carbocycles. The highest BCUT2D eigenvalue weighted by atomic mass is 32.1. The average Bonchev–Trinajstić information content (AvgIpc) is 2.81. The lowest BCUT2D eigenvalue weighted by Crippen LogP contribution is -2.39. The number of hydrogen-bond acceptors (Lipinski definition) is 3. The first-order valence-corrected chi connectivity index (χ1v) is 14.3. The van der Waals surface area contributed by atoms with Crippen molar-refractivity contribution in [3.05, 3.63) is 29.8 Å². The molecule has 1 aromatic rings. The first-order valence-electron chi connectivity index (χ1n) is 13.8. The number of hydrogen-bond donors (Lipinski definition) is 2. The predicted molar refractivity (Wildman–Crippen MR) is 150 cm³/mol. The fraction of sp³-hybridized carbons (Fsp3) is 0.724. The van der Waals surface area contributed by atoms with Crippen LogP contribution in [0.1, 0.15) is 127 Å². The molecule has 4 nitrogen and oxygen atoms in total. The molecule has 0 spiro atoms. The molecule has 0 saturated heterocycles. The first kappa shape index (κ1) is 30.4. The van der Waals surface area contributed by atoms with Gasteiger partial charge in [-0.2, -0.15) is 0 Å². The van der Waals surface area contributed by atoms with E-state index in [4.69, 9.17) is 17.0 Å². The molecule has 5 heteroatoms. The summed E-state index contributed by atoms with van der Waals surface area (Å²) in [4.78, 5) is 12.4. The molecule has 0 fully saturated rings. The number of carbonyl (C=O) groups is 1. The lowest BCUT2D eigenvalue weighted by Gasteiger charge is -2.11. The SMILES string of the molecule is CCCCCCCCCCCCCCCCNC(=S)NC(=O)c1ccc(OCCC(C)C)cc1. The molecule has 0 atom stereocenters. The Balaban J connectivity index is 1.98. The van der Waals surface area contributed by atoms with Gasteiger partial charge in [0.1, 0.15) is 5.75 Å². The third-order valence-electron chi connectivity index (χ3n) is 6.12. The normalized spacial score (nSPS) is 10.9. The van der Waals surface area contributed by atoms with Crippen molar-refractivity contribution in [2.45, 2.75) is 117 Å². The second-order valence-electron chi connectivity index (χ2n) is 9.86. The van der Waals surface area contributed by atoms with Crippen molar-refractivity contribution in [1.29, 1.82) is 0 Å². The highest BCUT2D eigenvalue weighted by Crippen LogP contribution is 2.14. The number of unbranched alkanes of at least 4 members (excludes halogenated alkanes) is 13. The van der Waals surface area contributed by atoms with Gasteiger partial charge in [-0.15, -0.1) is 0 Å². The van der Waals surface area contributed by atoms with E-state index in [-0.39, 0.29) is 5.91 Å². The second kappa shape index (κ2) is 20.7. The Bertz CT molecular complexity index is 646. The maximum atomic E-state index is 12.4. The standard InChI is InChI=1S/C29H50N2O2S/c1-4-5-6-7-8-9-10-11-12-13-14-15-16-17-23-30-29(34)31-28(32)26-18-20-27(21-19-26)33-24-22-25(2)3/h18-21,25H,4-17,22-24H2,1-3H3,(H2,30,31,32,34). The Morgan fingerprint density at radius 1 is 0.824 bits per heavy atom. The topological polar surface area (TPSA) is 50.4 Å². The molecule has 0 aromatic heterocycles. The van der Waals surface area contributed by atoms with Crippen LogP contribution in [-0.4, -0.2) is 24.2 Å². The quantitative estimate of drug-likeness (QED) is 0.143. The number of amides is 1. The average molecular weight is 491 g/mol. The van der Waals surface area contributed by atoms with Crippen molar-refractivity contribution in [3.63, 3.8) is 0 Å². The van der Waals surface area contributed by atoms with E-state index in [0.717, 1.165) is 25.1 Å². The zero-order valence-electron chi connectivity index (χ0n) is 22.1. The Hall–Kier alpha value is -1.62. The van der Waals surface area contributed by atoms with Gasteiger partial charge in [0.15, 0.2) is 5.11 Å². The van der Waals surface area contributed by atoms with Crippen molar-refractivity contribution in [3.8, 4) is 5.75 Å². The van der Waals surface area contributed by atoms with Crippen LogP contribution < -0.4 is 15.4 Å². The van der Waals surface area contributed by atoms with Crippen molar-refractivity contribution in [2.24, 2.45) is 5.92 Å². The van der Waals surface area contributed by atoms with Crippen LogP contribution in [0.5, 0.6) is 5.75 Å². The van der Waals surface area contributed by atoms with Crippen LogP contribution in [-0.2, 0) is 0 Å². The Labute approximate surface area is 215 Å². The fourth-order valence-corrected chi connectivity index (χ4v) is 4.05. The lowest BCUT2D eigenvalue weighted by molar-refractivity contribution is 0.0976. The third-order valence-corrected chi connectivity index (χ3v) is 6.37. The highest BCUT2D eigenvalue weighted by Gasteiger charge is 2.08. The van der Waals surface area contributed by atoms with Gasteiger partial charge in [-0.1, -0.05) is 104 Å². The van der Waals surface area contributed by atoms with Gasteiger partial charge in [0, 0.05) is 12.1 Å². The van der Waals surface area contributed by atoms with Gasteiger partial charge in [-0.05, 0) is 55.2 Å². The zero-order chi connectivity index (χ0) is 24.9. The second-order valence-corrected chi connectivity index (χ2v) is 10.3. The summed E-state index contributed by atoms with van der Waals surface area (Å²) in [5.41, 5.74) is 0.580. The number of thiocarbonyl (C=S) groups is 1. The summed E-state index contributed by atoms with van der Waals surface area (Å²) < 4.78 is 5.70. The number of benzene rings is 1. The van der Waals surface area contributed by atoms with Gasteiger partial charge in [0.2, 0.25) is 0 Å². The van der Waals surface area contributed by atoms with Gasteiger partial charge in [0.25, 0.3) is 5.91 Å². The highest BCUT2D eigenvalue weighted by molar-refractivity contribution is 7.80. The predicted octanol–water partition coefficient (Wildman–Crippen LogP) is 8.20. The monoisotopic (exact) mass is 490 g/mol. The molecular formula is C29H50N2O2S. The maximum Gasteiger partial charge on any atom is 0.257 e. The van der Waals surface area contributed by atoms with Crippen LogP contribution in [0.3, 0.4) is 0 Å². The molecule has 0 radical (unpaired) electrons. The van der Waals surface area contributed by atoms with Crippen molar-refractivity contribution < 1.29 is 9.53 Å². The van der Waals surface area contributed by atoms with E-state index in [9.17, 15) is 4.79 Å². The summed E-state index contributed by atoms with van der Waals surface area (Å²) in [6.45, 7) is 8.12. The number of carbonyl (C=O) groups excluding carboxylic acids is 1. The Morgan fingerprint density at radius 3 is 1.82 bits per heavy atom. The minimum Gasteiger partial charge on any atom is -0.494 e. The van der Waals surface area contributed by atoms with E-state index in [0.29, 0.717) is 23.2 Å². The van der Waals surface area contributed by atoms with E-state index in [2.05, 4.69) is 31.4 Å². The summed E-state index contributed by atoms with van der Waals surface area (Å²) in [5.74, 6) is 1.21. The van der Waals surface area contributed by atoms with E-state index in [1.807, 2.05) is 12.1 Å². The minimum atomic E-state index is -0.188. The molecule has 2 N–H and O–H groups in total. The number of rotatable bonds is 20. The van der Waals surface area contributed by atoms with Gasteiger partial charge in [0.05, 0.1) is 6.61 Å². The molecule has 0 unspecified atom stereocenters. The van der Waals surface area contributed by atoms with Gasteiger partial charge in [-0.25, -0.2) is 0 Å². The van der Waals surface area contributed by atoms with Crippen molar-refractivity contribution in [2.75, 3.05) is 13.2 Å². The van der Waals surface area contributed by atoms with E-state index in [1.165, 1.54) is 83.5 Å². The van der Waals surface area contributed by atoms with Crippen LogP contribution in [0.25, 0.3) is 0 Å². The van der Waals surface area contributed by atoms with E-state index >= 15 is 0 Å². The molecule has 0 aliphatic heterocycles. The summed E-state index contributed by atoms with van der Waals surface area (Å²) >= 11 is 5.27. The lowest BCUT2D eigenvalue weighted by atomic mass is 10.0. The Kier molecular flexibility index (Phi) is 18.5. The first-order chi connectivity index (χ1) is 16.5. The molecule has 194 valence electrons. The molecule has 0 heterocycles. The molecule has 0 aliphatic carbocycles. The number of ether oxygens (including phenoxy) is 1. The summed E-state index contributed by atoms with van der Waals surface area (Å²) in [6.07, 6.45) is 19.9. The number of nitrogens with one attached hydrogen (secondary N) is 2. The summed E-state index contributed by atoms with van der Waals surface area (Å²) in [6, 6.07) is 7.22. The van der Waals surface area contributed by atoms with Crippen molar-refractivity contribution in [1.82, 2.24) is 10.6 Å². The van der Waals surface area contributed by atoms with Gasteiger partial charge in [-0.3, -0.25) is 10.1 Å². The van der Waals surface area contributed by atoms with Crippen LogP contribution in [0.2, 0.25) is 0 Å². The Morgan fingerprint density at radius 2 is 1.32 bits per heavy atom. The molecule has 0 bridgehead atoms. The van der Waals surface area contributed by atoms with E-state index in [1.54, 1.807) is 12.1 Å². The molecule has 0 aliphatic rings. The largest absolute Gasteiger partial charge is 0.494 e. The van der Waals surface area contributed by atoms with Crippen LogP contribution >= 0.6 is 12.2 Å². The molecule has 1 amide bonds. The minimum absolute atomic E-state index is 0.188. The van der Waals surface area contributed by atoms with Crippen molar-refractivity contribution >= 4 is 23.2 Å². The summed E-state index contributed by atoms with van der Waals surface area (Å²) in [5, 5.41) is 6.32. The molecule has 0 saturated carbocycles. The van der Waals surface area contributed by atoms with Crippen LogP contribution in [0, 0.1) is 5.92 Å². The van der Waals surface area contributed by atoms with Crippen LogP contribution in [0.15, 0.2) is 24.3 Å². The maximum absolute atomic E-state index is 12.4. The smallest absolute Gasteiger partial charge is 0.257 e.